The minimum Gasteiger partial charge on any atom is -0.399 e. The lowest BCUT2D eigenvalue weighted by molar-refractivity contribution is 0.200. The van der Waals surface area contributed by atoms with Crippen molar-refractivity contribution in [3.05, 3.63) is 29.8 Å². The van der Waals surface area contributed by atoms with E-state index >= 15 is 0 Å². The number of benzene rings is 1. The summed E-state index contributed by atoms with van der Waals surface area (Å²) in [6.07, 6.45) is 3.26. The highest BCUT2D eigenvalue weighted by Crippen LogP contribution is 2.11. The number of nitrogens with zero attached hydrogens (tertiary/aromatic N) is 1. The molecule has 1 heterocycles. The summed E-state index contributed by atoms with van der Waals surface area (Å²) in [7, 11) is -3.33. The van der Waals surface area contributed by atoms with Crippen LogP contribution in [-0.2, 0) is 15.8 Å². The molecule has 18 heavy (non-hydrogen) atoms. The van der Waals surface area contributed by atoms with Gasteiger partial charge in [-0.05, 0) is 30.5 Å². The van der Waals surface area contributed by atoms with Crippen LogP contribution >= 0.6 is 0 Å². The Hall–Kier alpha value is -1.11. The number of sulfonamides is 1. The molecule has 0 bridgehead atoms. The molecule has 1 saturated heterocycles. The van der Waals surface area contributed by atoms with Gasteiger partial charge in [0, 0.05) is 18.8 Å². The van der Waals surface area contributed by atoms with Gasteiger partial charge in [0.2, 0.25) is 10.0 Å². The van der Waals surface area contributed by atoms with Crippen LogP contribution in [0.2, 0.25) is 0 Å². The molecule has 5 nitrogen and oxygen atoms in total. The topological polar surface area (TPSA) is 75.4 Å². The number of rotatable bonds is 4. The Morgan fingerprint density at radius 3 is 2.61 bits per heavy atom. The highest BCUT2D eigenvalue weighted by molar-refractivity contribution is 7.88. The van der Waals surface area contributed by atoms with E-state index < -0.39 is 10.0 Å². The van der Waals surface area contributed by atoms with Gasteiger partial charge in [0.1, 0.15) is 0 Å². The minimum absolute atomic E-state index is 0.0332. The van der Waals surface area contributed by atoms with Crippen molar-refractivity contribution < 1.29 is 8.42 Å². The van der Waals surface area contributed by atoms with Crippen molar-refractivity contribution in [3.63, 3.8) is 0 Å². The highest BCUT2D eigenvalue weighted by atomic mass is 32.2. The fourth-order valence-corrected chi connectivity index (χ4v) is 3.38. The van der Waals surface area contributed by atoms with Gasteiger partial charge in [-0.25, -0.2) is 13.4 Å². The first-order valence-corrected chi connectivity index (χ1v) is 7.80. The molecule has 0 aliphatic carbocycles. The average Bonchev–Trinajstić information content (AvgIpc) is 2.28. The van der Waals surface area contributed by atoms with E-state index in [1.165, 1.54) is 6.42 Å². The third-order valence-corrected chi connectivity index (χ3v) is 4.18. The second-order valence-electron chi connectivity index (χ2n) is 4.64. The molecule has 1 aromatic carbocycles. The standard InChI is InChI=1S/C12H19N3O2S/c13-12-6-4-5-11(9-12)10-18(16,17)14-15-7-2-1-3-8-15/h4-6,9,14H,1-3,7-8,10,13H2. The molecule has 0 unspecified atom stereocenters. The molecule has 6 heteroatoms. The number of hydrogen-bond acceptors (Lipinski definition) is 4. The molecule has 0 atom stereocenters. The summed E-state index contributed by atoms with van der Waals surface area (Å²) in [6.45, 7) is 1.58. The zero-order valence-electron chi connectivity index (χ0n) is 10.3. The first kappa shape index (κ1) is 13.3. The summed E-state index contributed by atoms with van der Waals surface area (Å²) >= 11 is 0. The van der Waals surface area contributed by atoms with Gasteiger partial charge in [-0.2, -0.15) is 0 Å². The van der Waals surface area contributed by atoms with Crippen LogP contribution in [0.3, 0.4) is 0 Å². The predicted octanol–water partition coefficient (Wildman–Crippen LogP) is 1.09. The van der Waals surface area contributed by atoms with E-state index in [2.05, 4.69) is 4.83 Å². The van der Waals surface area contributed by atoms with Gasteiger partial charge in [-0.1, -0.05) is 18.6 Å². The van der Waals surface area contributed by atoms with E-state index in [0.717, 1.165) is 25.9 Å². The fraction of sp³-hybridized carbons (Fsp3) is 0.500. The molecule has 1 fully saturated rings. The lowest BCUT2D eigenvalue weighted by Crippen LogP contribution is -2.45. The smallest absolute Gasteiger partial charge is 0.228 e. The third-order valence-electron chi connectivity index (χ3n) is 2.93. The van der Waals surface area contributed by atoms with Crippen molar-refractivity contribution >= 4 is 15.7 Å². The molecule has 1 aromatic rings. The Morgan fingerprint density at radius 1 is 1.22 bits per heavy atom. The van der Waals surface area contributed by atoms with Gasteiger partial charge in [-0.15, -0.1) is 4.83 Å². The van der Waals surface area contributed by atoms with Gasteiger partial charge < -0.3 is 5.73 Å². The highest BCUT2D eigenvalue weighted by Gasteiger charge is 2.18. The van der Waals surface area contributed by atoms with Gasteiger partial charge in [0.05, 0.1) is 5.75 Å². The summed E-state index contributed by atoms with van der Waals surface area (Å²) in [5, 5.41) is 1.78. The second kappa shape index (κ2) is 5.69. The number of nitrogens with two attached hydrogens (primary N) is 1. The summed E-state index contributed by atoms with van der Waals surface area (Å²) in [5.41, 5.74) is 6.93. The molecule has 100 valence electrons. The number of hydrogen-bond donors (Lipinski definition) is 2. The molecule has 3 N–H and O–H groups in total. The number of nitrogen functional groups attached to an aromatic ring is 1. The van der Waals surface area contributed by atoms with Crippen molar-refractivity contribution in [2.45, 2.75) is 25.0 Å². The second-order valence-corrected chi connectivity index (χ2v) is 6.34. The van der Waals surface area contributed by atoms with Crippen molar-refractivity contribution in [1.29, 1.82) is 0 Å². The third kappa shape index (κ3) is 3.97. The molecular weight excluding hydrogens is 250 g/mol. The van der Waals surface area contributed by atoms with Crippen molar-refractivity contribution in [2.24, 2.45) is 0 Å². The first-order chi connectivity index (χ1) is 8.55. The van der Waals surface area contributed by atoms with Crippen LogP contribution in [0, 0.1) is 0 Å². The number of anilines is 1. The average molecular weight is 269 g/mol. The molecule has 0 amide bonds. The van der Waals surface area contributed by atoms with Crippen LogP contribution in [0.5, 0.6) is 0 Å². The van der Waals surface area contributed by atoms with Crippen LogP contribution in [0.4, 0.5) is 5.69 Å². The summed E-state index contributed by atoms with van der Waals surface area (Å²) < 4.78 is 24.0. The van der Waals surface area contributed by atoms with Crippen molar-refractivity contribution in [3.8, 4) is 0 Å². The molecule has 0 aromatic heterocycles. The summed E-state index contributed by atoms with van der Waals surface area (Å²) in [4.78, 5) is 2.63. The Kier molecular flexibility index (Phi) is 4.21. The molecule has 0 spiro atoms. The van der Waals surface area contributed by atoms with Crippen LogP contribution in [-0.4, -0.2) is 26.5 Å². The normalized spacial score (nSPS) is 17.8. The zero-order valence-corrected chi connectivity index (χ0v) is 11.1. The number of piperidine rings is 1. The maximum atomic E-state index is 12.0. The van der Waals surface area contributed by atoms with Crippen LogP contribution < -0.4 is 10.6 Å². The monoisotopic (exact) mass is 269 g/mol. The Morgan fingerprint density at radius 2 is 1.94 bits per heavy atom. The molecule has 2 rings (SSSR count). The Bertz CT molecular complexity index is 496. The Balaban J connectivity index is 1.98. The minimum atomic E-state index is -3.33. The van der Waals surface area contributed by atoms with Crippen molar-refractivity contribution in [1.82, 2.24) is 9.84 Å². The van der Waals surface area contributed by atoms with E-state index in [1.807, 2.05) is 0 Å². The molecular formula is C12H19N3O2S. The Labute approximate surface area is 108 Å². The quantitative estimate of drug-likeness (QED) is 0.802. The van der Waals surface area contributed by atoms with Gasteiger partial charge in [0.25, 0.3) is 0 Å². The maximum absolute atomic E-state index is 12.0. The predicted molar refractivity (Wildman–Crippen MR) is 72.0 cm³/mol. The molecule has 1 aliphatic rings. The molecule has 0 saturated carbocycles. The van der Waals surface area contributed by atoms with Crippen LogP contribution in [0.25, 0.3) is 0 Å². The van der Waals surface area contributed by atoms with E-state index in [4.69, 9.17) is 5.73 Å². The van der Waals surface area contributed by atoms with Crippen LogP contribution in [0.1, 0.15) is 24.8 Å². The van der Waals surface area contributed by atoms with E-state index in [-0.39, 0.29) is 5.75 Å². The summed E-state index contributed by atoms with van der Waals surface area (Å²) in [6, 6.07) is 6.97. The number of hydrazine groups is 1. The van der Waals surface area contributed by atoms with E-state index in [0.29, 0.717) is 11.3 Å². The van der Waals surface area contributed by atoms with Gasteiger partial charge >= 0.3 is 0 Å². The SMILES string of the molecule is Nc1cccc(CS(=O)(=O)NN2CCCCC2)c1. The van der Waals surface area contributed by atoms with Crippen LogP contribution in [0.15, 0.2) is 24.3 Å². The lowest BCUT2D eigenvalue weighted by atomic mass is 10.2. The molecule has 1 aliphatic heterocycles. The van der Waals surface area contributed by atoms with E-state index in [9.17, 15) is 8.42 Å². The maximum Gasteiger partial charge on any atom is 0.228 e. The zero-order chi connectivity index (χ0) is 13.0. The van der Waals surface area contributed by atoms with Crippen molar-refractivity contribution in [2.75, 3.05) is 18.8 Å². The summed E-state index contributed by atoms with van der Waals surface area (Å²) in [5.74, 6) is -0.0332. The molecule has 0 radical (unpaired) electrons. The fourth-order valence-electron chi connectivity index (χ4n) is 2.12. The van der Waals surface area contributed by atoms with Gasteiger partial charge in [-0.3, -0.25) is 0 Å². The first-order valence-electron chi connectivity index (χ1n) is 6.15. The number of nitrogens with one attached hydrogen (secondary N) is 1. The van der Waals surface area contributed by atoms with Gasteiger partial charge in [0.15, 0.2) is 0 Å². The largest absolute Gasteiger partial charge is 0.399 e. The lowest BCUT2D eigenvalue weighted by Gasteiger charge is -2.26. The van der Waals surface area contributed by atoms with E-state index in [1.54, 1.807) is 29.3 Å².